The van der Waals surface area contributed by atoms with Gasteiger partial charge >= 0.3 is 6.18 Å². The molecule has 13 heteroatoms. The summed E-state index contributed by atoms with van der Waals surface area (Å²) < 4.78 is 39.7. The van der Waals surface area contributed by atoms with Crippen molar-refractivity contribution < 1.29 is 32.7 Å². The molecule has 2 aromatic rings. The van der Waals surface area contributed by atoms with Crippen LogP contribution in [0.25, 0.3) is 0 Å². The molecule has 0 aromatic heterocycles. The number of hydrogen-bond acceptors (Lipinski definition) is 6. The Bertz CT molecular complexity index is 1320. The van der Waals surface area contributed by atoms with Crippen molar-refractivity contribution in [2.75, 3.05) is 11.9 Å². The van der Waals surface area contributed by atoms with Gasteiger partial charge in [-0.2, -0.15) is 13.2 Å². The van der Waals surface area contributed by atoms with Crippen molar-refractivity contribution in [2.45, 2.75) is 82.0 Å². The Morgan fingerprint density at radius 3 is 2.45 bits per heavy atom. The van der Waals surface area contributed by atoms with E-state index in [1.165, 1.54) is 4.90 Å². The van der Waals surface area contributed by atoms with Gasteiger partial charge in [-0.15, -0.1) is 0 Å². The molecule has 1 saturated carbocycles. The Morgan fingerprint density at radius 2 is 1.83 bits per heavy atom. The Kier molecular flexibility index (Phi) is 9.69. The molecule has 0 saturated heterocycles. The third kappa shape index (κ3) is 7.34. The van der Waals surface area contributed by atoms with E-state index in [4.69, 9.17) is 17.3 Å². The smallest absolute Gasteiger partial charge is 0.372 e. The van der Waals surface area contributed by atoms with E-state index in [1.807, 2.05) is 30.4 Å². The first-order valence-corrected chi connectivity index (χ1v) is 14.2. The van der Waals surface area contributed by atoms with Crippen molar-refractivity contribution in [3.63, 3.8) is 0 Å². The van der Waals surface area contributed by atoms with Crippen LogP contribution in [0.3, 0.4) is 0 Å². The van der Waals surface area contributed by atoms with Gasteiger partial charge in [-0.25, -0.2) is 0 Å². The third-order valence-electron chi connectivity index (χ3n) is 7.77. The Balaban J connectivity index is 1.45. The number of fused-ring (bicyclic) bond motifs is 1. The zero-order valence-corrected chi connectivity index (χ0v) is 23.9. The monoisotopic (exact) mass is 609 g/mol. The van der Waals surface area contributed by atoms with Gasteiger partial charge in [0.2, 0.25) is 17.7 Å². The number of carbonyl (C=O) groups excluding carboxylic acids is 3. The van der Waals surface area contributed by atoms with Gasteiger partial charge < -0.3 is 31.7 Å². The molecule has 228 valence electrons. The predicted octanol–water partition coefficient (Wildman–Crippen LogP) is 3.16. The van der Waals surface area contributed by atoms with Crippen LogP contribution < -0.4 is 21.7 Å². The van der Waals surface area contributed by atoms with Crippen molar-refractivity contribution in [3.8, 4) is 0 Å². The van der Waals surface area contributed by atoms with E-state index in [0.29, 0.717) is 10.7 Å². The molecule has 1 heterocycles. The van der Waals surface area contributed by atoms with E-state index in [2.05, 4.69) is 10.6 Å². The zero-order chi connectivity index (χ0) is 30.7. The molecule has 0 bridgehead atoms. The number of benzene rings is 2. The summed E-state index contributed by atoms with van der Waals surface area (Å²) in [5.74, 6) is -1.93. The summed E-state index contributed by atoms with van der Waals surface area (Å²) in [6, 6.07) is 10.7. The predicted molar refractivity (Wildman–Crippen MR) is 151 cm³/mol. The number of nitrogens with two attached hydrogens (primary N) is 1. The summed E-state index contributed by atoms with van der Waals surface area (Å²) in [5.41, 5.74) is 6.62. The van der Waals surface area contributed by atoms with E-state index >= 15 is 0 Å². The molecule has 4 rings (SSSR count). The molecular weight excluding hydrogens is 575 g/mol. The molecule has 3 atom stereocenters. The molecule has 3 amide bonds. The maximum atomic E-state index is 13.6. The number of anilines is 1. The number of halogens is 4. The van der Waals surface area contributed by atoms with E-state index in [1.54, 1.807) is 24.3 Å². The van der Waals surface area contributed by atoms with E-state index in [-0.39, 0.29) is 45.2 Å². The quantitative estimate of drug-likeness (QED) is 0.248. The minimum Gasteiger partial charge on any atom is -0.372 e. The van der Waals surface area contributed by atoms with Gasteiger partial charge in [-0.05, 0) is 67.6 Å². The molecule has 2 aromatic carbocycles. The summed E-state index contributed by atoms with van der Waals surface area (Å²) in [6.45, 7) is 2.07. The Hall–Kier alpha value is -3.35. The van der Waals surface area contributed by atoms with Gasteiger partial charge in [0.25, 0.3) is 0 Å². The molecule has 1 unspecified atom stereocenters. The lowest BCUT2D eigenvalue weighted by Gasteiger charge is -2.37. The maximum Gasteiger partial charge on any atom is 0.411 e. The molecule has 9 nitrogen and oxygen atoms in total. The minimum absolute atomic E-state index is 0.0909. The molecule has 1 aliphatic carbocycles. The summed E-state index contributed by atoms with van der Waals surface area (Å²) in [5, 5.41) is 19.3. The van der Waals surface area contributed by atoms with Crippen LogP contribution in [0.2, 0.25) is 5.02 Å². The van der Waals surface area contributed by atoms with Gasteiger partial charge in [-0.1, -0.05) is 35.9 Å². The van der Waals surface area contributed by atoms with Gasteiger partial charge in [0.05, 0.1) is 6.04 Å². The number of amides is 3. The van der Waals surface area contributed by atoms with E-state index in [0.717, 1.165) is 16.7 Å². The van der Waals surface area contributed by atoms with Crippen LogP contribution in [-0.4, -0.2) is 64.3 Å². The van der Waals surface area contributed by atoms with Gasteiger partial charge in [0.1, 0.15) is 17.8 Å². The van der Waals surface area contributed by atoms with E-state index < -0.39 is 54.2 Å². The molecular formula is C29H35ClF3N5O4. The molecule has 1 fully saturated rings. The fourth-order valence-electron chi connectivity index (χ4n) is 5.09. The van der Waals surface area contributed by atoms with Crippen molar-refractivity contribution in [3.05, 3.63) is 64.2 Å². The molecule has 6 N–H and O–H groups in total. The lowest BCUT2D eigenvalue weighted by molar-refractivity contribution is -0.170. The highest BCUT2D eigenvalue weighted by molar-refractivity contribution is 6.31. The maximum absolute atomic E-state index is 13.6. The highest BCUT2D eigenvalue weighted by Gasteiger charge is 2.64. The number of aliphatic hydroxyl groups is 1. The largest absolute Gasteiger partial charge is 0.411 e. The minimum atomic E-state index is -4.56. The van der Waals surface area contributed by atoms with Crippen LogP contribution in [-0.2, 0) is 27.3 Å². The van der Waals surface area contributed by atoms with Gasteiger partial charge in [-0.3, -0.25) is 14.4 Å². The number of rotatable bonds is 11. The average molecular weight is 610 g/mol. The van der Waals surface area contributed by atoms with Crippen molar-refractivity contribution in [1.82, 2.24) is 15.5 Å². The summed E-state index contributed by atoms with van der Waals surface area (Å²) in [4.78, 5) is 40.6. The fourth-order valence-corrected chi connectivity index (χ4v) is 5.21. The second kappa shape index (κ2) is 12.9. The van der Waals surface area contributed by atoms with Crippen LogP contribution in [0.4, 0.5) is 18.9 Å². The summed E-state index contributed by atoms with van der Waals surface area (Å²) in [6.07, 6.45) is -6.55. The van der Waals surface area contributed by atoms with Crippen molar-refractivity contribution >= 4 is 35.0 Å². The Morgan fingerprint density at radius 1 is 1.14 bits per heavy atom. The first kappa shape index (κ1) is 31.6. The molecule has 1 aliphatic heterocycles. The first-order chi connectivity index (χ1) is 19.8. The second-order valence-corrected chi connectivity index (χ2v) is 11.3. The molecule has 0 spiro atoms. The molecule has 0 radical (unpaired) electrons. The van der Waals surface area contributed by atoms with Gasteiger partial charge in [0, 0.05) is 36.5 Å². The van der Waals surface area contributed by atoms with Crippen molar-refractivity contribution in [2.24, 2.45) is 5.73 Å². The first-order valence-electron chi connectivity index (χ1n) is 13.8. The molecule has 42 heavy (non-hydrogen) atoms. The average Bonchev–Trinajstić information content (AvgIpc) is 3.73. The molecule has 2 aliphatic rings. The van der Waals surface area contributed by atoms with Gasteiger partial charge in [0.15, 0.2) is 0 Å². The number of nitrogens with zero attached hydrogens (tertiary/aromatic N) is 1. The highest BCUT2D eigenvalue weighted by Crippen LogP contribution is 2.49. The number of aliphatic hydroxyl groups excluding tert-OH is 1. The number of hydrogen-bond donors (Lipinski definition) is 5. The normalized spacial score (nSPS) is 18.8. The van der Waals surface area contributed by atoms with Crippen LogP contribution in [0, 0.1) is 6.92 Å². The Labute approximate surface area is 247 Å². The summed E-state index contributed by atoms with van der Waals surface area (Å²) >= 11 is 6.08. The fraction of sp³-hybridized carbons (Fsp3) is 0.483. The van der Waals surface area contributed by atoms with Crippen LogP contribution in [0.1, 0.15) is 48.8 Å². The van der Waals surface area contributed by atoms with Crippen LogP contribution >= 0.6 is 11.6 Å². The number of aryl methyl sites for hydroxylation is 1. The lowest BCUT2D eigenvalue weighted by atomic mass is 9.92. The number of alkyl halides is 3. The zero-order valence-electron chi connectivity index (χ0n) is 23.1. The lowest BCUT2D eigenvalue weighted by Crippen LogP contribution is -2.57. The SMILES string of the molecule is Cc1cc(NC(O)[C@H](CCN)NC(=O)[C@@H]2Cc3ccccc3CN2C(=O)CCC(=O)NC2(C(F)(F)F)CC2)ccc1Cl. The topological polar surface area (TPSA) is 137 Å². The standard InChI is InChI=1S/C29H35ClF3N5O4/c1-17-14-20(6-7-21(17)30)35-26(41)22(10-13-34)36-27(42)23-15-18-4-2-3-5-19(18)16-38(23)25(40)9-8-24(39)37-28(11-12-28)29(31,32)33/h2-7,14,22-23,26,35,41H,8-13,15-16,34H2,1H3,(H,36,42)(H,37,39)/t22-,23-,26?/m0/s1. The number of nitrogens with one attached hydrogen (secondary N) is 3. The van der Waals surface area contributed by atoms with Crippen LogP contribution in [0.5, 0.6) is 0 Å². The van der Waals surface area contributed by atoms with Crippen LogP contribution in [0.15, 0.2) is 42.5 Å². The number of carbonyl (C=O) groups is 3. The van der Waals surface area contributed by atoms with E-state index in [9.17, 15) is 32.7 Å². The third-order valence-corrected chi connectivity index (χ3v) is 8.19. The van der Waals surface area contributed by atoms with Crippen molar-refractivity contribution in [1.29, 1.82) is 0 Å². The highest BCUT2D eigenvalue weighted by atomic mass is 35.5. The summed E-state index contributed by atoms with van der Waals surface area (Å²) in [7, 11) is 0. The second-order valence-electron chi connectivity index (χ2n) is 10.9.